The van der Waals surface area contributed by atoms with Crippen LogP contribution in [0.5, 0.6) is 0 Å². The summed E-state index contributed by atoms with van der Waals surface area (Å²) in [5, 5.41) is 1.81. The van der Waals surface area contributed by atoms with Gasteiger partial charge >= 0.3 is 0 Å². The number of nitrogens with two attached hydrogens (primary N) is 1. The highest BCUT2D eigenvalue weighted by atomic mass is 32.1. The van der Waals surface area contributed by atoms with Gasteiger partial charge in [-0.3, -0.25) is 19.5 Å². The van der Waals surface area contributed by atoms with Crippen LogP contribution in [0, 0.1) is 0 Å². The SMILES string of the molecule is CN1CCN(c2cc3cnc(C(N)=O)cc3s2)C(=O)C1. The largest absolute Gasteiger partial charge is 0.364 e. The van der Waals surface area contributed by atoms with E-state index in [4.69, 9.17) is 5.73 Å². The monoisotopic (exact) mass is 290 g/mol. The predicted molar refractivity (Wildman–Crippen MR) is 78.0 cm³/mol. The van der Waals surface area contributed by atoms with E-state index in [0.717, 1.165) is 21.6 Å². The molecule has 0 radical (unpaired) electrons. The van der Waals surface area contributed by atoms with Gasteiger partial charge in [-0.15, -0.1) is 11.3 Å². The van der Waals surface area contributed by atoms with Crippen LogP contribution in [0.2, 0.25) is 0 Å². The van der Waals surface area contributed by atoms with Gasteiger partial charge in [-0.25, -0.2) is 0 Å². The third-order valence-electron chi connectivity index (χ3n) is 3.32. The molecule has 0 aliphatic carbocycles. The Balaban J connectivity index is 1.96. The van der Waals surface area contributed by atoms with Crippen molar-refractivity contribution < 1.29 is 9.59 Å². The highest BCUT2D eigenvalue weighted by Gasteiger charge is 2.24. The third kappa shape index (κ3) is 2.25. The van der Waals surface area contributed by atoms with Crippen molar-refractivity contribution in [2.24, 2.45) is 5.73 Å². The molecule has 1 aliphatic heterocycles. The van der Waals surface area contributed by atoms with Gasteiger partial charge in [0.2, 0.25) is 5.91 Å². The molecule has 6 nitrogen and oxygen atoms in total. The van der Waals surface area contributed by atoms with E-state index >= 15 is 0 Å². The zero-order chi connectivity index (χ0) is 14.3. The maximum Gasteiger partial charge on any atom is 0.267 e. The van der Waals surface area contributed by atoms with Crippen LogP contribution in [-0.4, -0.2) is 48.4 Å². The zero-order valence-corrected chi connectivity index (χ0v) is 11.8. The fraction of sp³-hybridized carbons (Fsp3) is 0.308. The lowest BCUT2D eigenvalue weighted by molar-refractivity contribution is -0.120. The molecular weight excluding hydrogens is 276 g/mol. The van der Waals surface area contributed by atoms with Crippen LogP contribution in [0.15, 0.2) is 18.3 Å². The van der Waals surface area contributed by atoms with Crippen molar-refractivity contribution in [1.29, 1.82) is 0 Å². The molecule has 0 bridgehead atoms. The van der Waals surface area contributed by atoms with E-state index in [1.165, 1.54) is 11.3 Å². The molecule has 3 rings (SSSR count). The number of anilines is 1. The number of carbonyl (C=O) groups is 2. The minimum absolute atomic E-state index is 0.0911. The average Bonchev–Trinajstić information content (AvgIpc) is 2.80. The summed E-state index contributed by atoms with van der Waals surface area (Å²) in [7, 11) is 1.93. The van der Waals surface area contributed by atoms with E-state index in [9.17, 15) is 9.59 Å². The first-order valence-electron chi connectivity index (χ1n) is 6.23. The first-order valence-corrected chi connectivity index (χ1v) is 7.04. The van der Waals surface area contributed by atoms with E-state index < -0.39 is 5.91 Å². The first-order chi connectivity index (χ1) is 9.54. The number of aromatic nitrogens is 1. The van der Waals surface area contributed by atoms with Crippen molar-refractivity contribution >= 4 is 38.2 Å². The molecule has 2 aromatic heterocycles. The molecule has 3 heterocycles. The Labute approximate surface area is 119 Å². The van der Waals surface area contributed by atoms with E-state index in [1.807, 2.05) is 18.0 Å². The van der Waals surface area contributed by atoms with Gasteiger partial charge in [-0.1, -0.05) is 0 Å². The Morgan fingerprint density at radius 2 is 2.20 bits per heavy atom. The fourth-order valence-corrected chi connectivity index (χ4v) is 3.33. The van der Waals surface area contributed by atoms with Crippen LogP contribution in [0.25, 0.3) is 10.1 Å². The summed E-state index contributed by atoms with van der Waals surface area (Å²) in [4.78, 5) is 31.0. The third-order valence-corrected chi connectivity index (χ3v) is 4.44. The van der Waals surface area contributed by atoms with Crippen LogP contribution >= 0.6 is 11.3 Å². The Bertz CT molecular complexity index is 697. The number of likely N-dealkylation sites (N-methyl/N-ethyl adjacent to an activating group) is 1. The maximum atomic E-state index is 12.1. The smallest absolute Gasteiger partial charge is 0.267 e. The lowest BCUT2D eigenvalue weighted by Crippen LogP contribution is -2.48. The summed E-state index contributed by atoms with van der Waals surface area (Å²) in [6.07, 6.45) is 1.62. The molecule has 2 N–H and O–H groups in total. The number of amides is 2. The number of primary amides is 1. The molecule has 1 saturated heterocycles. The number of nitrogens with zero attached hydrogens (tertiary/aromatic N) is 3. The maximum absolute atomic E-state index is 12.1. The Morgan fingerprint density at radius 3 is 2.90 bits per heavy atom. The summed E-state index contributed by atoms with van der Waals surface area (Å²) >= 11 is 1.48. The molecule has 0 unspecified atom stereocenters. The number of carbonyl (C=O) groups excluding carboxylic acids is 2. The molecule has 0 saturated carbocycles. The van der Waals surface area contributed by atoms with Crippen LogP contribution in [0.1, 0.15) is 10.5 Å². The van der Waals surface area contributed by atoms with Crippen molar-refractivity contribution in [1.82, 2.24) is 9.88 Å². The first kappa shape index (κ1) is 13.0. The Morgan fingerprint density at radius 1 is 1.40 bits per heavy atom. The van der Waals surface area contributed by atoms with E-state index in [1.54, 1.807) is 17.2 Å². The summed E-state index contributed by atoms with van der Waals surface area (Å²) in [6, 6.07) is 3.60. The average molecular weight is 290 g/mol. The summed E-state index contributed by atoms with van der Waals surface area (Å²) in [6.45, 7) is 1.96. The number of fused-ring (bicyclic) bond motifs is 1. The lowest BCUT2D eigenvalue weighted by atomic mass is 10.2. The second-order valence-corrected chi connectivity index (χ2v) is 5.90. The number of piperazine rings is 1. The van der Waals surface area contributed by atoms with E-state index in [0.29, 0.717) is 13.1 Å². The summed E-state index contributed by atoms with van der Waals surface area (Å²) in [5.41, 5.74) is 5.47. The normalized spacial score (nSPS) is 16.9. The van der Waals surface area contributed by atoms with Gasteiger partial charge in [0.05, 0.1) is 11.5 Å². The molecule has 2 aromatic rings. The van der Waals surface area contributed by atoms with Crippen molar-refractivity contribution in [2.45, 2.75) is 0 Å². The van der Waals surface area contributed by atoms with Crippen LogP contribution in [-0.2, 0) is 4.79 Å². The zero-order valence-electron chi connectivity index (χ0n) is 11.0. The van der Waals surface area contributed by atoms with E-state index in [2.05, 4.69) is 4.98 Å². The predicted octanol–water partition coefficient (Wildman–Crippen LogP) is 0.674. The van der Waals surface area contributed by atoms with Crippen molar-refractivity contribution in [3.63, 3.8) is 0 Å². The van der Waals surface area contributed by atoms with Crippen molar-refractivity contribution in [3.8, 4) is 0 Å². The van der Waals surface area contributed by atoms with Crippen LogP contribution in [0.3, 0.4) is 0 Å². The highest BCUT2D eigenvalue weighted by molar-refractivity contribution is 7.23. The topological polar surface area (TPSA) is 79.5 Å². The number of hydrogen-bond acceptors (Lipinski definition) is 5. The second-order valence-electron chi connectivity index (χ2n) is 4.84. The molecule has 0 spiro atoms. The molecule has 20 heavy (non-hydrogen) atoms. The lowest BCUT2D eigenvalue weighted by Gasteiger charge is -2.30. The quantitative estimate of drug-likeness (QED) is 0.882. The highest BCUT2D eigenvalue weighted by Crippen LogP contribution is 2.33. The fourth-order valence-electron chi connectivity index (χ4n) is 2.21. The molecule has 2 amide bonds. The van der Waals surface area contributed by atoms with Gasteiger partial charge in [-0.2, -0.15) is 0 Å². The van der Waals surface area contributed by atoms with Gasteiger partial charge in [0.1, 0.15) is 5.69 Å². The summed E-state index contributed by atoms with van der Waals surface area (Å²) in [5.74, 6) is -0.453. The molecule has 1 fully saturated rings. The van der Waals surface area contributed by atoms with Gasteiger partial charge in [0.25, 0.3) is 5.91 Å². The number of thiophene rings is 1. The number of pyridine rings is 1. The minimum Gasteiger partial charge on any atom is -0.364 e. The minimum atomic E-state index is -0.544. The Kier molecular flexibility index (Phi) is 3.15. The Hall–Kier alpha value is -1.99. The summed E-state index contributed by atoms with van der Waals surface area (Å²) < 4.78 is 0.913. The van der Waals surface area contributed by atoms with Crippen molar-refractivity contribution in [3.05, 3.63) is 24.0 Å². The molecule has 1 aliphatic rings. The van der Waals surface area contributed by atoms with Crippen molar-refractivity contribution in [2.75, 3.05) is 31.6 Å². The van der Waals surface area contributed by atoms with Crippen LogP contribution < -0.4 is 10.6 Å². The standard InChI is InChI=1S/C13H14N4O2S/c1-16-2-3-17(11(18)7-16)12-4-8-6-15-9(13(14)19)5-10(8)20-12/h4-6H,2-3,7H2,1H3,(H2,14,19). The van der Waals surface area contributed by atoms with Gasteiger partial charge in [-0.05, 0) is 19.2 Å². The van der Waals surface area contributed by atoms with E-state index in [-0.39, 0.29) is 11.6 Å². The molecule has 0 aromatic carbocycles. The van der Waals surface area contributed by atoms with Gasteiger partial charge in [0.15, 0.2) is 0 Å². The molecule has 0 atom stereocenters. The molecular formula is C13H14N4O2S. The number of hydrogen-bond donors (Lipinski definition) is 1. The number of rotatable bonds is 2. The van der Waals surface area contributed by atoms with Gasteiger partial charge < -0.3 is 10.6 Å². The van der Waals surface area contributed by atoms with Gasteiger partial charge in [0, 0.05) is 29.4 Å². The molecule has 104 valence electrons. The second kappa shape index (κ2) is 4.84. The van der Waals surface area contributed by atoms with Crippen LogP contribution in [0.4, 0.5) is 5.00 Å². The molecule has 7 heteroatoms.